The van der Waals surface area contributed by atoms with E-state index < -0.39 is 31.5 Å². The molecule has 4 aliphatic rings. The topological polar surface area (TPSA) is 111 Å². The number of para-hydroxylation sites is 1. The maximum Gasteiger partial charge on any atom is 0.264 e. The Morgan fingerprint density at radius 3 is 2.36 bits per heavy atom. The number of fused-ring (bicyclic) bond motifs is 4. The van der Waals surface area contributed by atoms with Gasteiger partial charge in [0.1, 0.15) is 0 Å². The lowest BCUT2D eigenvalue weighted by Gasteiger charge is -2.37. The number of anilines is 3. The highest BCUT2D eigenvalue weighted by Crippen LogP contribution is 2.60. The van der Waals surface area contributed by atoms with Gasteiger partial charge in [0.25, 0.3) is 5.91 Å². The lowest BCUT2D eigenvalue weighted by molar-refractivity contribution is -0.150. The summed E-state index contributed by atoms with van der Waals surface area (Å²) in [6.45, 7) is 12.5. The standard InChI is InChI=1S/C45H55N3O6Si/c1-29(2)12-11-13-30(3)22-23-46-39-20-19-35(48-38-17-10-9-14-32(38)18-21-41(48)50)25-37(39)45(44(46)52)31(4)43(55(5,6)53)40(54-45)26-42(51)47-27-34-16-8-7-15-33(34)24-36(47)28-49/h7-10,12,14-17,19-20,22,25,31,36,40,43,49,53H,11,13,18,21,23-24,26-28H2,1-6H3/b30-22+/t31-,36-,40+,43-,45+/m0/s1. The van der Waals surface area contributed by atoms with Crippen LogP contribution in [-0.2, 0) is 44.1 Å². The van der Waals surface area contributed by atoms with Crippen LogP contribution in [0.5, 0.6) is 0 Å². The first-order valence-corrected chi connectivity index (χ1v) is 22.8. The van der Waals surface area contributed by atoms with Gasteiger partial charge in [0.05, 0.1) is 36.5 Å². The van der Waals surface area contributed by atoms with Crippen molar-refractivity contribution in [2.45, 2.75) is 109 Å². The second-order valence-electron chi connectivity index (χ2n) is 16.7. The van der Waals surface area contributed by atoms with Gasteiger partial charge in [-0.25, -0.2) is 0 Å². The number of nitrogens with zero attached hydrogens (tertiary/aromatic N) is 3. The summed E-state index contributed by atoms with van der Waals surface area (Å²) in [6, 6.07) is 21.3. The van der Waals surface area contributed by atoms with E-state index in [1.807, 2.05) is 86.7 Å². The molecule has 0 aliphatic carbocycles. The molecule has 0 aromatic heterocycles. The number of carbonyl (C=O) groups excluding carboxylic acids is 3. The van der Waals surface area contributed by atoms with Crippen molar-refractivity contribution in [2.75, 3.05) is 23.0 Å². The van der Waals surface area contributed by atoms with E-state index in [9.17, 15) is 19.5 Å². The first kappa shape index (κ1) is 38.9. The fourth-order valence-corrected chi connectivity index (χ4v) is 12.1. The van der Waals surface area contributed by atoms with Gasteiger partial charge in [-0.05, 0) is 101 Å². The van der Waals surface area contributed by atoms with Crippen molar-refractivity contribution in [1.82, 2.24) is 4.90 Å². The van der Waals surface area contributed by atoms with Crippen LogP contribution in [0, 0.1) is 5.92 Å². The van der Waals surface area contributed by atoms with E-state index in [-0.39, 0.29) is 36.8 Å². The molecular weight excluding hydrogens is 707 g/mol. The van der Waals surface area contributed by atoms with Crippen LogP contribution in [0.1, 0.15) is 75.6 Å². The number of benzene rings is 3. The largest absolute Gasteiger partial charge is 0.432 e. The summed E-state index contributed by atoms with van der Waals surface area (Å²) in [5.41, 5.74) is 6.61. The minimum atomic E-state index is -3.08. The van der Waals surface area contributed by atoms with Crippen molar-refractivity contribution in [3.63, 3.8) is 0 Å². The number of allylic oxidation sites excluding steroid dienone is 3. The van der Waals surface area contributed by atoms with Gasteiger partial charge in [-0.2, -0.15) is 0 Å². The minimum Gasteiger partial charge on any atom is -0.432 e. The second kappa shape index (κ2) is 15.3. The molecule has 1 fully saturated rings. The fourth-order valence-electron chi connectivity index (χ4n) is 9.57. The van der Waals surface area contributed by atoms with E-state index >= 15 is 4.79 Å². The highest BCUT2D eigenvalue weighted by Gasteiger charge is 2.66. The number of hydrogen-bond acceptors (Lipinski definition) is 6. The molecule has 3 amide bonds. The Hall–Kier alpha value is -4.35. The molecule has 0 unspecified atom stereocenters. The van der Waals surface area contributed by atoms with Crippen molar-refractivity contribution < 1.29 is 29.0 Å². The predicted molar refractivity (Wildman–Crippen MR) is 218 cm³/mol. The zero-order valence-corrected chi connectivity index (χ0v) is 34.0. The van der Waals surface area contributed by atoms with Crippen molar-refractivity contribution in [1.29, 1.82) is 0 Å². The van der Waals surface area contributed by atoms with Gasteiger partial charge >= 0.3 is 0 Å². The Labute approximate surface area is 326 Å². The Morgan fingerprint density at radius 2 is 1.65 bits per heavy atom. The second-order valence-corrected chi connectivity index (χ2v) is 20.7. The number of aliphatic hydroxyl groups excluding tert-OH is 1. The molecule has 5 atom stereocenters. The van der Waals surface area contributed by atoms with E-state index in [2.05, 4.69) is 32.9 Å². The van der Waals surface area contributed by atoms with Gasteiger partial charge in [0.15, 0.2) is 13.9 Å². The zero-order chi connectivity index (χ0) is 39.2. The van der Waals surface area contributed by atoms with Gasteiger partial charge in [-0.15, -0.1) is 0 Å². The molecular formula is C45H55N3O6Si. The third-order valence-electron chi connectivity index (χ3n) is 12.3. The zero-order valence-electron chi connectivity index (χ0n) is 33.0. The molecule has 3 aromatic rings. The van der Waals surface area contributed by atoms with Crippen molar-refractivity contribution >= 4 is 43.1 Å². The van der Waals surface area contributed by atoms with Gasteiger partial charge in [-0.1, -0.05) is 72.7 Å². The Balaban J connectivity index is 1.29. The van der Waals surface area contributed by atoms with Crippen molar-refractivity contribution in [2.24, 2.45) is 5.92 Å². The quantitative estimate of drug-likeness (QED) is 0.164. The van der Waals surface area contributed by atoms with Crippen LogP contribution in [0.4, 0.5) is 17.1 Å². The number of amides is 3. The lowest BCUT2D eigenvalue weighted by Crippen LogP contribution is -2.48. The third kappa shape index (κ3) is 7.14. The summed E-state index contributed by atoms with van der Waals surface area (Å²) in [5, 5.41) is 10.4. The molecule has 1 saturated heterocycles. The molecule has 290 valence electrons. The minimum absolute atomic E-state index is 0.0176. The molecule has 9 nitrogen and oxygen atoms in total. The highest BCUT2D eigenvalue weighted by atomic mass is 28.4. The van der Waals surface area contributed by atoms with Crippen molar-refractivity contribution in [3.8, 4) is 0 Å². The van der Waals surface area contributed by atoms with Crippen LogP contribution in [-0.4, -0.2) is 66.1 Å². The van der Waals surface area contributed by atoms with Crippen LogP contribution in [0.2, 0.25) is 18.6 Å². The third-order valence-corrected chi connectivity index (χ3v) is 14.8. The fraction of sp³-hybridized carbons (Fsp3) is 0.444. The first-order valence-electron chi connectivity index (χ1n) is 19.8. The summed E-state index contributed by atoms with van der Waals surface area (Å²) in [5.74, 6) is -0.890. The normalized spacial score (nSPS) is 24.9. The maximum atomic E-state index is 15.2. The number of carbonyl (C=O) groups is 3. The van der Waals surface area contributed by atoms with Crippen LogP contribution in [0.25, 0.3) is 0 Å². The highest BCUT2D eigenvalue weighted by molar-refractivity contribution is 6.71. The van der Waals surface area contributed by atoms with Crippen LogP contribution < -0.4 is 9.80 Å². The molecule has 10 heteroatoms. The molecule has 4 heterocycles. The summed E-state index contributed by atoms with van der Waals surface area (Å²) >= 11 is 0. The Morgan fingerprint density at radius 1 is 0.945 bits per heavy atom. The van der Waals surface area contributed by atoms with Crippen LogP contribution in [0.15, 0.2) is 90.0 Å². The lowest BCUT2D eigenvalue weighted by atomic mass is 9.82. The molecule has 55 heavy (non-hydrogen) atoms. The van der Waals surface area contributed by atoms with Gasteiger partial charge < -0.3 is 24.4 Å². The molecule has 3 aromatic carbocycles. The average molecular weight is 762 g/mol. The van der Waals surface area contributed by atoms with Gasteiger partial charge in [0, 0.05) is 42.2 Å². The number of aryl methyl sites for hydroxylation is 1. The molecule has 1 spiro atoms. The molecule has 0 saturated carbocycles. The summed E-state index contributed by atoms with van der Waals surface area (Å²) in [7, 11) is -3.08. The number of hydrogen-bond donors (Lipinski definition) is 2. The first-order chi connectivity index (χ1) is 26.2. The number of ether oxygens (including phenoxy) is 1. The maximum absolute atomic E-state index is 15.2. The van der Waals surface area contributed by atoms with Gasteiger partial charge in [-0.3, -0.25) is 19.3 Å². The summed E-state index contributed by atoms with van der Waals surface area (Å²) in [4.78, 5) is 60.4. The van der Waals surface area contributed by atoms with E-state index in [1.165, 1.54) is 11.1 Å². The SMILES string of the molecule is CC(C)=CCC/C(C)=C/CN1C(=O)[C@]2(O[C@H](CC(=O)N3Cc4ccccc4C[C@H]3CO)[C@@H]([Si](C)(C)O)[C@@H]2C)c2cc(N3C(=O)CCc4ccccc43)ccc21. The molecule has 2 N–H and O–H groups in total. The van der Waals surface area contributed by atoms with E-state index in [4.69, 9.17) is 4.74 Å². The van der Waals surface area contributed by atoms with Gasteiger partial charge in [0.2, 0.25) is 11.8 Å². The van der Waals surface area contributed by atoms with Crippen molar-refractivity contribution in [3.05, 3.63) is 112 Å². The number of aliphatic hydroxyl groups is 1. The number of rotatable bonds is 10. The Kier molecular flexibility index (Phi) is 10.8. The molecule has 0 bridgehead atoms. The molecule has 4 aliphatic heterocycles. The monoisotopic (exact) mass is 761 g/mol. The predicted octanol–water partition coefficient (Wildman–Crippen LogP) is 7.47. The summed E-state index contributed by atoms with van der Waals surface area (Å²) < 4.78 is 7.11. The average Bonchev–Trinajstić information content (AvgIpc) is 3.58. The van der Waals surface area contributed by atoms with Crippen LogP contribution >= 0.6 is 0 Å². The smallest absolute Gasteiger partial charge is 0.264 e. The molecule has 0 radical (unpaired) electrons. The van der Waals surface area contributed by atoms with Crippen LogP contribution in [0.3, 0.4) is 0 Å². The Bertz CT molecular complexity index is 2050. The summed E-state index contributed by atoms with van der Waals surface area (Å²) in [6.07, 6.45) is 6.93. The molecule has 7 rings (SSSR count). The van der Waals surface area contributed by atoms with E-state index in [0.717, 1.165) is 35.2 Å². The van der Waals surface area contributed by atoms with E-state index in [0.29, 0.717) is 49.3 Å². The van der Waals surface area contributed by atoms with E-state index in [1.54, 1.807) is 14.7 Å².